The predicted molar refractivity (Wildman–Crippen MR) is 116 cm³/mol. The van der Waals surface area contributed by atoms with Crippen molar-refractivity contribution in [2.45, 2.75) is 0 Å². The summed E-state index contributed by atoms with van der Waals surface area (Å²) < 4.78 is 6.40. The van der Waals surface area contributed by atoms with Crippen molar-refractivity contribution >= 4 is 77.9 Å². The lowest BCUT2D eigenvalue weighted by molar-refractivity contribution is 0.0880. The summed E-state index contributed by atoms with van der Waals surface area (Å²) in [4.78, 5) is 32.2. The molecule has 3 heterocycles. The first-order chi connectivity index (χ1) is 13.6. The van der Waals surface area contributed by atoms with Crippen LogP contribution in [0.1, 0.15) is 20.7 Å². The summed E-state index contributed by atoms with van der Waals surface area (Å²) in [5.41, 5.74) is 3.43. The molecule has 0 spiro atoms. The molecule has 136 valence electrons. The predicted octanol–water partition coefficient (Wildman–Crippen LogP) is 4.45. The molecule has 1 aliphatic heterocycles. The van der Waals surface area contributed by atoms with Crippen molar-refractivity contribution < 1.29 is 14.3 Å². The van der Waals surface area contributed by atoms with E-state index in [1.54, 1.807) is 7.11 Å². The average Bonchev–Trinajstić information content (AvgIpc) is 3.34. The van der Waals surface area contributed by atoms with Crippen LogP contribution in [-0.4, -0.2) is 28.9 Å². The number of benzene rings is 3. The average molecular weight is 481 g/mol. The summed E-state index contributed by atoms with van der Waals surface area (Å²) in [5, 5.41) is 6.84. The van der Waals surface area contributed by atoms with E-state index in [-0.39, 0.29) is 11.8 Å². The summed E-state index contributed by atoms with van der Waals surface area (Å²) >= 11 is 2.26. The topological polar surface area (TPSA) is 87.0 Å². The van der Waals surface area contributed by atoms with Crippen molar-refractivity contribution in [1.29, 1.82) is 0 Å². The van der Waals surface area contributed by atoms with Gasteiger partial charge >= 0.3 is 0 Å². The van der Waals surface area contributed by atoms with Crippen LogP contribution in [0.25, 0.3) is 43.5 Å². The van der Waals surface area contributed by atoms with Crippen molar-refractivity contribution in [3.05, 3.63) is 51.2 Å². The van der Waals surface area contributed by atoms with E-state index in [4.69, 9.17) is 4.74 Å². The fourth-order valence-electron chi connectivity index (χ4n) is 4.33. The van der Waals surface area contributed by atoms with Gasteiger partial charge in [-0.25, -0.2) is 0 Å². The number of hydrogen-bond donors (Lipinski definition) is 3. The molecular weight excluding hydrogens is 469 g/mol. The number of aromatic nitrogens is 2. The zero-order valence-electron chi connectivity index (χ0n) is 14.6. The summed E-state index contributed by atoms with van der Waals surface area (Å²) in [5.74, 6) is 0.00981. The normalized spacial score (nSPS) is 13.8. The maximum absolute atomic E-state index is 12.8. The second-order valence-corrected chi connectivity index (χ2v) is 8.03. The Morgan fingerprint density at radius 1 is 0.893 bits per heavy atom. The highest BCUT2D eigenvalue weighted by Crippen LogP contribution is 2.42. The third-order valence-corrected chi connectivity index (χ3v) is 6.40. The first-order valence-electron chi connectivity index (χ1n) is 8.69. The molecule has 2 amide bonds. The monoisotopic (exact) mass is 481 g/mol. The van der Waals surface area contributed by atoms with Gasteiger partial charge in [0, 0.05) is 42.8 Å². The molecule has 6 nitrogen and oxygen atoms in total. The molecule has 5 aromatic rings. The van der Waals surface area contributed by atoms with Gasteiger partial charge in [0.15, 0.2) is 0 Å². The summed E-state index contributed by atoms with van der Waals surface area (Å²) in [6, 6.07) is 9.74. The van der Waals surface area contributed by atoms with Crippen LogP contribution in [0, 0.1) is 3.57 Å². The molecule has 3 N–H and O–H groups in total. The van der Waals surface area contributed by atoms with Crippen LogP contribution in [-0.2, 0) is 0 Å². The van der Waals surface area contributed by atoms with Gasteiger partial charge in [0.05, 0.1) is 34.8 Å². The lowest BCUT2D eigenvalue weighted by atomic mass is 9.93. The number of carbonyl (C=O) groups excluding carboxylic acids is 2. The fraction of sp³-hybridized carbons (Fsp3) is 0.0476. The van der Waals surface area contributed by atoms with E-state index in [9.17, 15) is 9.59 Å². The van der Waals surface area contributed by atoms with Crippen molar-refractivity contribution in [1.82, 2.24) is 15.3 Å². The number of rotatable bonds is 1. The number of amides is 2. The molecule has 6 rings (SSSR count). The van der Waals surface area contributed by atoms with Crippen molar-refractivity contribution in [2.24, 2.45) is 0 Å². The molecule has 28 heavy (non-hydrogen) atoms. The molecule has 0 saturated heterocycles. The van der Waals surface area contributed by atoms with E-state index >= 15 is 0 Å². The Kier molecular flexibility index (Phi) is 2.99. The van der Waals surface area contributed by atoms with Crippen LogP contribution in [0.3, 0.4) is 0 Å². The maximum Gasteiger partial charge on any atom is 0.259 e. The van der Waals surface area contributed by atoms with Crippen LogP contribution < -0.4 is 10.1 Å². The molecule has 0 fully saturated rings. The number of aromatic amines is 2. The molecule has 1 aliphatic rings. The van der Waals surface area contributed by atoms with E-state index in [2.05, 4.69) is 37.9 Å². The number of H-pyrrole nitrogens is 2. The number of ether oxygens (including phenoxy) is 1. The fourth-order valence-corrected chi connectivity index (χ4v) is 4.94. The van der Waals surface area contributed by atoms with E-state index in [1.807, 2.05) is 36.5 Å². The van der Waals surface area contributed by atoms with Crippen molar-refractivity contribution in [3.8, 4) is 5.75 Å². The Labute approximate surface area is 171 Å². The summed E-state index contributed by atoms with van der Waals surface area (Å²) in [6.07, 6.45) is 1.91. The molecule has 7 heteroatoms. The Balaban J connectivity index is 1.95. The molecule has 0 bridgehead atoms. The minimum absolute atomic E-state index is 0.355. The van der Waals surface area contributed by atoms with Crippen LogP contribution in [0.4, 0.5) is 0 Å². The molecule has 0 saturated carbocycles. The van der Waals surface area contributed by atoms with E-state index < -0.39 is 0 Å². The van der Waals surface area contributed by atoms with Gasteiger partial charge in [-0.1, -0.05) is 12.1 Å². The van der Waals surface area contributed by atoms with Gasteiger partial charge in [-0.15, -0.1) is 0 Å². The Morgan fingerprint density at radius 2 is 1.57 bits per heavy atom. The zero-order chi connectivity index (χ0) is 19.2. The van der Waals surface area contributed by atoms with Gasteiger partial charge < -0.3 is 14.7 Å². The first kappa shape index (κ1) is 15.9. The largest absolute Gasteiger partial charge is 0.497 e. The van der Waals surface area contributed by atoms with Crippen LogP contribution in [0.15, 0.2) is 36.5 Å². The molecular formula is C21H12IN3O3. The molecule has 2 aromatic heterocycles. The first-order valence-corrected chi connectivity index (χ1v) is 9.76. The zero-order valence-corrected chi connectivity index (χ0v) is 16.7. The molecule has 0 atom stereocenters. The van der Waals surface area contributed by atoms with Gasteiger partial charge in [0.25, 0.3) is 11.8 Å². The summed E-state index contributed by atoms with van der Waals surface area (Å²) in [7, 11) is 1.62. The van der Waals surface area contributed by atoms with Gasteiger partial charge in [0.2, 0.25) is 0 Å². The number of carbonyl (C=O) groups is 2. The number of nitrogens with one attached hydrogen (secondary N) is 3. The van der Waals surface area contributed by atoms with Gasteiger partial charge in [-0.05, 0) is 34.7 Å². The van der Waals surface area contributed by atoms with Crippen molar-refractivity contribution in [2.75, 3.05) is 7.11 Å². The smallest absolute Gasteiger partial charge is 0.259 e. The highest BCUT2D eigenvalue weighted by Gasteiger charge is 2.34. The Hall–Kier alpha value is -3.07. The highest BCUT2D eigenvalue weighted by molar-refractivity contribution is 14.1. The third-order valence-electron chi connectivity index (χ3n) is 5.51. The Morgan fingerprint density at radius 3 is 2.32 bits per heavy atom. The highest BCUT2D eigenvalue weighted by atomic mass is 127. The van der Waals surface area contributed by atoms with Crippen LogP contribution >= 0.6 is 22.6 Å². The number of methoxy groups -OCH3 is 1. The number of halogens is 1. The second kappa shape index (κ2) is 5.26. The van der Waals surface area contributed by atoms with Gasteiger partial charge in [-0.2, -0.15) is 0 Å². The maximum atomic E-state index is 12.8. The second-order valence-electron chi connectivity index (χ2n) is 6.87. The third kappa shape index (κ3) is 1.82. The quantitative estimate of drug-likeness (QED) is 0.244. The van der Waals surface area contributed by atoms with Gasteiger partial charge in [0.1, 0.15) is 5.75 Å². The standard InChI is InChI=1S/C21H12IN3O3/c1-28-8-2-3-10-13(6-8)24-19-11-5-4-9-12(22)7-23-18(9)15(11)17-16(14(10)19)20(26)25-21(17)27/h2-7,23-24H,1H3,(H,25,26,27). The van der Waals surface area contributed by atoms with E-state index in [0.29, 0.717) is 11.1 Å². The molecule has 0 radical (unpaired) electrons. The Bertz CT molecular complexity index is 1530. The number of fused-ring (bicyclic) bond motifs is 10. The van der Waals surface area contributed by atoms with E-state index in [1.165, 1.54) is 0 Å². The van der Waals surface area contributed by atoms with E-state index in [0.717, 1.165) is 52.8 Å². The SMILES string of the molecule is COc1ccc2c(c1)[nH]c1c3ccc4c(I)c[nH]c4c3c3c(c21)C(=O)NC3=O. The lowest BCUT2D eigenvalue weighted by Crippen LogP contribution is -2.20. The van der Waals surface area contributed by atoms with Crippen LogP contribution in [0.2, 0.25) is 0 Å². The minimum Gasteiger partial charge on any atom is -0.497 e. The van der Waals surface area contributed by atoms with Crippen molar-refractivity contribution in [3.63, 3.8) is 0 Å². The van der Waals surface area contributed by atoms with Crippen LogP contribution in [0.5, 0.6) is 5.75 Å². The summed E-state index contributed by atoms with van der Waals surface area (Å²) in [6.45, 7) is 0. The molecule has 3 aromatic carbocycles. The molecule has 0 unspecified atom stereocenters. The minimum atomic E-state index is -0.359. The number of imide groups is 1. The van der Waals surface area contributed by atoms with Gasteiger partial charge in [-0.3, -0.25) is 14.9 Å². The number of hydrogen-bond acceptors (Lipinski definition) is 3. The lowest BCUT2D eigenvalue weighted by Gasteiger charge is -2.08. The molecule has 0 aliphatic carbocycles.